The van der Waals surface area contributed by atoms with Crippen molar-refractivity contribution in [2.75, 3.05) is 0 Å². The van der Waals surface area contributed by atoms with E-state index in [9.17, 15) is 9.18 Å². The van der Waals surface area contributed by atoms with Crippen LogP contribution in [0.3, 0.4) is 0 Å². The predicted molar refractivity (Wildman–Crippen MR) is 107 cm³/mol. The summed E-state index contributed by atoms with van der Waals surface area (Å²) in [6, 6.07) is 15.8. The van der Waals surface area contributed by atoms with Crippen molar-refractivity contribution in [2.45, 2.75) is 6.42 Å². The molecule has 2 heterocycles. The molecule has 0 unspecified atom stereocenters. The molecule has 6 heteroatoms. The Balaban J connectivity index is 1.58. The zero-order chi connectivity index (χ0) is 19.5. The molecule has 3 N–H and O–H groups in total. The van der Waals surface area contributed by atoms with Gasteiger partial charge in [-0.1, -0.05) is 30.3 Å². The smallest absolute Gasteiger partial charge is 0.244 e. The van der Waals surface area contributed by atoms with Crippen LogP contribution in [-0.4, -0.2) is 20.9 Å². The average Bonchev–Trinajstić information content (AvgIpc) is 3.12. The molecule has 1 amide bonds. The lowest BCUT2D eigenvalue weighted by Gasteiger charge is -2.05. The summed E-state index contributed by atoms with van der Waals surface area (Å²) < 4.78 is 13.3. The van der Waals surface area contributed by atoms with Crippen LogP contribution in [0.1, 0.15) is 11.1 Å². The molecule has 4 rings (SSSR count). The minimum Gasteiger partial charge on any atom is -0.366 e. The summed E-state index contributed by atoms with van der Waals surface area (Å²) in [5.74, 6) is -0.113. The lowest BCUT2D eigenvalue weighted by Crippen LogP contribution is -2.15. The molecule has 4 aromatic rings. The number of rotatable bonds is 5. The molecule has 0 atom stereocenters. The van der Waals surface area contributed by atoms with Gasteiger partial charge in [0.2, 0.25) is 5.91 Å². The summed E-state index contributed by atoms with van der Waals surface area (Å²) in [7, 11) is 0. The van der Waals surface area contributed by atoms with Gasteiger partial charge in [-0.25, -0.2) is 9.37 Å². The number of hydrogen-bond acceptors (Lipinski definition) is 3. The summed E-state index contributed by atoms with van der Waals surface area (Å²) in [6.45, 7) is 0. The van der Waals surface area contributed by atoms with Gasteiger partial charge in [-0.15, -0.1) is 0 Å². The number of carbonyl (C=O) groups excluding carboxylic acids is 1. The van der Waals surface area contributed by atoms with Gasteiger partial charge in [0.15, 0.2) is 0 Å². The first-order chi connectivity index (χ1) is 13.6. The Bertz CT molecular complexity index is 1160. The molecule has 0 aliphatic carbocycles. The Morgan fingerprint density at radius 2 is 1.96 bits per heavy atom. The van der Waals surface area contributed by atoms with E-state index in [0.717, 1.165) is 16.7 Å². The van der Waals surface area contributed by atoms with E-state index in [1.165, 1.54) is 12.1 Å². The van der Waals surface area contributed by atoms with Gasteiger partial charge in [0.1, 0.15) is 11.6 Å². The first kappa shape index (κ1) is 17.6. The standard InChI is InChI=1S/C22H17FN4O/c23-18-7-8-19-20(12-18)27-22(26-19)16-5-3-14(4-6-16)10-17(21(24)28)11-15-2-1-9-25-13-15/h1-9,11-13H,10H2,(H2,24,28)(H,26,27)/b17-11+. The van der Waals surface area contributed by atoms with Gasteiger partial charge in [0.05, 0.1) is 11.0 Å². The first-order valence-electron chi connectivity index (χ1n) is 8.73. The summed E-state index contributed by atoms with van der Waals surface area (Å²) in [4.78, 5) is 23.5. The summed E-state index contributed by atoms with van der Waals surface area (Å²) in [5.41, 5.74) is 10.0. The van der Waals surface area contributed by atoms with Crippen LogP contribution in [0.2, 0.25) is 0 Å². The maximum atomic E-state index is 13.3. The van der Waals surface area contributed by atoms with Gasteiger partial charge in [-0.05, 0) is 41.5 Å². The highest BCUT2D eigenvalue weighted by molar-refractivity contribution is 5.97. The van der Waals surface area contributed by atoms with Crippen LogP contribution in [0.4, 0.5) is 4.39 Å². The number of nitrogens with zero attached hydrogens (tertiary/aromatic N) is 2. The van der Waals surface area contributed by atoms with Gasteiger partial charge in [-0.3, -0.25) is 9.78 Å². The normalized spacial score (nSPS) is 11.7. The quantitative estimate of drug-likeness (QED) is 0.522. The highest BCUT2D eigenvalue weighted by Crippen LogP contribution is 2.22. The molecule has 0 fully saturated rings. The van der Waals surface area contributed by atoms with E-state index in [2.05, 4.69) is 15.0 Å². The molecule has 0 saturated carbocycles. The van der Waals surface area contributed by atoms with Gasteiger partial charge < -0.3 is 10.7 Å². The van der Waals surface area contributed by atoms with Crippen molar-refractivity contribution in [1.82, 2.24) is 15.0 Å². The number of imidazole rings is 1. The van der Waals surface area contributed by atoms with Crippen molar-refractivity contribution in [1.29, 1.82) is 0 Å². The minimum atomic E-state index is -0.466. The van der Waals surface area contributed by atoms with Gasteiger partial charge in [0.25, 0.3) is 0 Å². The molecule has 0 saturated heterocycles. The van der Waals surface area contributed by atoms with E-state index in [4.69, 9.17) is 5.73 Å². The number of hydrogen-bond donors (Lipinski definition) is 2. The summed E-state index contributed by atoms with van der Waals surface area (Å²) >= 11 is 0. The van der Waals surface area contributed by atoms with Crippen LogP contribution in [-0.2, 0) is 11.2 Å². The van der Waals surface area contributed by atoms with Crippen molar-refractivity contribution in [3.05, 3.63) is 89.5 Å². The molecule has 0 bridgehead atoms. The number of aromatic amines is 1. The minimum absolute atomic E-state index is 0.308. The monoisotopic (exact) mass is 372 g/mol. The van der Waals surface area contributed by atoms with E-state index in [1.54, 1.807) is 30.6 Å². The highest BCUT2D eigenvalue weighted by atomic mass is 19.1. The summed E-state index contributed by atoms with van der Waals surface area (Å²) in [5, 5.41) is 0. The second kappa shape index (κ2) is 7.44. The fourth-order valence-electron chi connectivity index (χ4n) is 2.99. The van der Waals surface area contributed by atoms with Crippen molar-refractivity contribution >= 4 is 23.0 Å². The zero-order valence-corrected chi connectivity index (χ0v) is 14.9. The Hall–Kier alpha value is -3.80. The molecule has 2 aromatic carbocycles. The van der Waals surface area contributed by atoms with Crippen LogP contribution < -0.4 is 5.73 Å². The van der Waals surface area contributed by atoms with Crippen molar-refractivity contribution < 1.29 is 9.18 Å². The van der Waals surface area contributed by atoms with E-state index < -0.39 is 5.91 Å². The van der Waals surface area contributed by atoms with Crippen LogP contribution in [0.25, 0.3) is 28.5 Å². The molecule has 5 nitrogen and oxygen atoms in total. The van der Waals surface area contributed by atoms with E-state index >= 15 is 0 Å². The molecule has 0 aliphatic rings. The molecular formula is C22H17FN4O. The molecular weight excluding hydrogens is 355 g/mol. The lowest BCUT2D eigenvalue weighted by atomic mass is 10.0. The van der Waals surface area contributed by atoms with Crippen LogP contribution in [0.15, 0.2) is 72.6 Å². The number of amides is 1. The van der Waals surface area contributed by atoms with Crippen LogP contribution in [0.5, 0.6) is 0 Å². The number of nitrogens with one attached hydrogen (secondary N) is 1. The number of benzene rings is 2. The predicted octanol–water partition coefficient (Wildman–Crippen LogP) is 3.88. The molecule has 138 valence electrons. The number of fused-ring (bicyclic) bond motifs is 1. The third kappa shape index (κ3) is 3.81. The zero-order valence-electron chi connectivity index (χ0n) is 14.9. The topological polar surface area (TPSA) is 84.7 Å². The second-order valence-corrected chi connectivity index (χ2v) is 6.44. The molecule has 28 heavy (non-hydrogen) atoms. The lowest BCUT2D eigenvalue weighted by molar-refractivity contribution is -0.114. The van der Waals surface area contributed by atoms with Gasteiger partial charge in [-0.2, -0.15) is 0 Å². The Kier molecular flexibility index (Phi) is 4.68. The molecule has 0 aliphatic heterocycles. The van der Waals surface area contributed by atoms with Crippen LogP contribution >= 0.6 is 0 Å². The maximum Gasteiger partial charge on any atom is 0.244 e. The van der Waals surface area contributed by atoms with Crippen LogP contribution in [0, 0.1) is 5.82 Å². The number of nitrogens with two attached hydrogens (primary N) is 1. The Labute approximate surface area is 160 Å². The molecule has 0 radical (unpaired) electrons. The van der Waals surface area contributed by atoms with E-state index in [1.807, 2.05) is 30.3 Å². The van der Waals surface area contributed by atoms with Crippen molar-refractivity contribution in [3.63, 3.8) is 0 Å². The van der Waals surface area contributed by atoms with Crippen molar-refractivity contribution in [3.8, 4) is 11.4 Å². The third-order valence-electron chi connectivity index (χ3n) is 4.41. The third-order valence-corrected chi connectivity index (χ3v) is 4.41. The SMILES string of the molecule is NC(=O)/C(=C/c1cccnc1)Cc1ccc(-c2nc3ccc(F)cc3[nH]2)cc1. The Morgan fingerprint density at radius 1 is 1.14 bits per heavy atom. The summed E-state index contributed by atoms with van der Waals surface area (Å²) in [6.07, 6.45) is 5.51. The molecule has 2 aromatic heterocycles. The van der Waals surface area contributed by atoms with E-state index in [-0.39, 0.29) is 5.82 Å². The number of carbonyl (C=O) groups is 1. The number of halogens is 1. The largest absolute Gasteiger partial charge is 0.366 e. The Morgan fingerprint density at radius 3 is 2.68 bits per heavy atom. The molecule has 0 spiro atoms. The van der Waals surface area contributed by atoms with Gasteiger partial charge in [0, 0.05) is 30.0 Å². The second-order valence-electron chi connectivity index (χ2n) is 6.44. The first-order valence-corrected chi connectivity index (χ1v) is 8.73. The average molecular weight is 372 g/mol. The van der Waals surface area contributed by atoms with Crippen molar-refractivity contribution in [2.24, 2.45) is 5.73 Å². The highest BCUT2D eigenvalue weighted by Gasteiger charge is 2.09. The number of primary amides is 1. The number of pyridine rings is 1. The number of aromatic nitrogens is 3. The fourth-order valence-corrected chi connectivity index (χ4v) is 2.99. The van der Waals surface area contributed by atoms with E-state index in [0.29, 0.717) is 28.9 Å². The maximum absolute atomic E-state index is 13.3. The fraction of sp³-hybridized carbons (Fsp3) is 0.0455. The number of H-pyrrole nitrogens is 1. The van der Waals surface area contributed by atoms with Gasteiger partial charge >= 0.3 is 0 Å².